The summed E-state index contributed by atoms with van der Waals surface area (Å²) >= 11 is 0. The molecule has 0 radical (unpaired) electrons. The number of rotatable bonds is 7. The van der Waals surface area contributed by atoms with Crippen LogP contribution in [0.5, 0.6) is 11.5 Å². The number of ether oxygens (including phenoxy) is 2. The fourth-order valence-electron chi connectivity index (χ4n) is 1.63. The zero-order chi connectivity index (χ0) is 13.5. The highest BCUT2D eigenvalue weighted by molar-refractivity contribution is 5.31. The first-order valence-corrected chi connectivity index (χ1v) is 6.05. The second-order valence-corrected chi connectivity index (χ2v) is 3.88. The van der Waals surface area contributed by atoms with E-state index in [1.807, 2.05) is 24.3 Å². The third-order valence-electron chi connectivity index (χ3n) is 2.61. The van der Waals surface area contributed by atoms with Crippen molar-refractivity contribution in [1.82, 2.24) is 20.2 Å². The molecule has 1 aromatic heterocycles. The summed E-state index contributed by atoms with van der Waals surface area (Å²) in [6.45, 7) is 1.61. The Labute approximate surface area is 111 Å². The van der Waals surface area contributed by atoms with E-state index in [-0.39, 0.29) is 0 Å². The van der Waals surface area contributed by atoms with Crippen molar-refractivity contribution in [2.45, 2.75) is 13.0 Å². The Morgan fingerprint density at radius 2 is 1.95 bits per heavy atom. The fraction of sp³-hybridized carbons (Fsp3) is 0.417. The average molecular weight is 263 g/mol. The SMILES string of the molecule is COc1ccc(OCCn2nnnc2CCN)cc1. The van der Waals surface area contributed by atoms with Crippen LogP contribution in [0.15, 0.2) is 24.3 Å². The summed E-state index contributed by atoms with van der Waals surface area (Å²) in [6, 6.07) is 7.43. The molecular weight excluding hydrogens is 246 g/mol. The predicted molar refractivity (Wildman–Crippen MR) is 69.1 cm³/mol. The van der Waals surface area contributed by atoms with Crippen LogP contribution in [0.4, 0.5) is 0 Å². The molecule has 0 spiro atoms. The molecule has 102 valence electrons. The molecule has 1 aromatic carbocycles. The Hall–Kier alpha value is -2.15. The second-order valence-electron chi connectivity index (χ2n) is 3.88. The van der Waals surface area contributed by atoms with Crippen LogP contribution >= 0.6 is 0 Å². The first-order chi connectivity index (χ1) is 9.33. The second kappa shape index (κ2) is 6.69. The van der Waals surface area contributed by atoms with Crippen molar-refractivity contribution in [3.05, 3.63) is 30.1 Å². The minimum absolute atomic E-state index is 0.495. The van der Waals surface area contributed by atoms with Gasteiger partial charge in [-0.3, -0.25) is 0 Å². The number of methoxy groups -OCH3 is 1. The summed E-state index contributed by atoms with van der Waals surface area (Å²) in [7, 11) is 1.63. The van der Waals surface area contributed by atoms with Crippen LogP contribution in [0.25, 0.3) is 0 Å². The van der Waals surface area contributed by atoms with Gasteiger partial charge in [0.15, 0.2) is 5.82 Å². The summed E-state index contributed by atoms with van der Waals surface area (Å²) in [5.74, 6) is 2.37. The Bertz CT molecular complexity index is 497. The summed E-state index contributed by atoms with van der Waals surface area (Å²) in [6.07, 6.45) is 0.662. The van der Waals surface area contributed by atoms with Crippen LogP contribution in [0, 0.1) is 0 Å². The normalized spacial score (nSPS) is 10.4. The Morgan fingerprint density at radius 3 is 2.63 bits per heavy atom. The van der Waals surface area contributed by atoms with E-state index < -0.39 is 0 Å². The summed E-state index contributed by atoms with van der Waals surface area (Å²) in [5, 5.41) is 11.4. The lowest BCUT2D eigenvalue weighted by atomic mass is 10.3. The molecule has 0 saturated heterocycles. The van der Waals surface area contributed by atoms with Gasteiger partial charge < -0.3 is 15.2 Å². The standard InChI is InChI=1S/C12H17N5O2/c1-18-10-2-4-11(5-3-10)19-9-8-17-12(6-7-13)14-15-16-17/h2-5H,6-9,13H2,1H3. The first-order valence-electron chi connectivity index (χ1n) is 6.05. The predicted octanol–water partition coefficient (Wildman–Crippen LogP) is 0.262. The topological polar surface area (TPSA) is 88.1 Å². The quantitative estimate of drug-likeness (QED) is 0.771. The zero-order valence-electron chi connectivity index (χ0n) is 10.8. The third-order valence-corrected chi connectivity index (χ3v) is 2.61. The van der Waals surface area contributed by atoms with Gasteiger partial charge >= 0.3 is 0 Å². The Kier molecular flexibility index (Phi) is 4.68. The number of tetrazole rings is 1. The number of benzene rings is 1. The van der Waals surface area contributed by atoms with Gasteiger partial charge in [0.2, 0.25) is 0 Å². The van der Waals surface area contributed by atoms with Crippen molar-refractivity contribution in [3.63, 3.8) is 0 Å². The smallest absolute Gasteiger partial charge is 0.152 e. The van der Waals surface area contributed by atoms with Gasteiger partial charge in [-0.2, -0.15) is 0 Å². The molecule has 2 aromatic rings. The molecule has 7 heteroatoms. The number of hydrogen-bond acceptors (Lipinski definition) is 6. The molecule has 7 nitrogen and oxygen atoms in total. The largest absolute Gasteiger partial charge is 0.497 e. The van der Waals surface area contributed by atoms with Crippen LogP contribution < -0.4 is 15.2 Å². The maximum absolute atomic E-state index is 5.61. The van der Waals surface area contributed by atoms with Gasteiger partial charge in [-0.05, 0) is 41.2 Å². The van der Waals surface area contributed by atoms with E-state index in [2.05, 4.69) is 15.5 Å². The van der Waals surface area contributed by atoms with E-state index in [0.29, 0.717) is 26.1 Å². The molecule has 0 amide bonds. The molecule has 19 heavy (non-hydrogen) atoms. The zero-order valence-corrected chi connectivity index (χ0v) is 10.8. The van der Waals surface area contributed by atoms with Crippen molar-refractivity contribution < 1.29 is 9.47 Å². The van der Waals surface area contributed by atoms with Gasteiger partial charge in [-0.25, -0.2) is 4.68 Å². The maximum Gasteiger partial charge on any atom is 0.152 e. The number of hydrogen-bond donors (Lipinski definition) is 1. The van der Waals surface area contributed by atoms with Gasteiger partial charge in [-0.15, -0.1) is 5.10 Å². The van der Waals surface area contributed by atoms with Gasteiger partial charge in [0.1, 0.15) is 18.1 Å². The van der Waals surface area contributed by atoms with E-state index in [1.165, 1.54) is 0 Å². The molecule has 0 aliphatic heterocycles. The lowest BCUT2D eigenvalue weighted by molar-refractivity contribution is 0.287. The Balaban J connectivity index is 1.83. The molecule has 1 heterocycles. The molecule has 0 atom stereocenters. The van der Waals surface area contributed by atoms with E-state index >= 15 is 0 Å². The highest BCUT2D eigenvalue weighted by Crippen LogP contribution is 2.16. The van der Waals surface area contributed by atoms with Gasteiger partial charge in [0.05, 0.1) is 13.7 Å². The van der Waals surface area contributed by atoms with Crippen molar-refractivity contribution in [1.29, 1.82) is 0 Å². The van der Waals surface area contributed by atoms with E-state index in [4.69, 9.17) is 15.2 Å². The third kappa shape index (κ3) is 3.65. The molecule has 0 saturated carbocycles. The summed E-state index contributed by atoms with van der Waals surface area (Å²) in [5.41, 5.74) is 5.48. The van der Waals surface area contributed by atoms with Crippen molar-refractivity contribution in [2.75, 3.05) is 20.3 Å². The van der Waals surface area contributed by atoms with Crippen LogP contribution in [-0.4, -0.2) is 40.5 Å². The number of nitrogens with two attached hydrogens (primary N) is 1. The van der Waals surface area contributed by atoms with E-state index in [1.54, 1.807) is 11.8 Å². The molecule has 0 fully saturated rings. The average Bonchev–Trinajstić information content (AvgIpc) is 2.88. The van der Waals surface area contributed by atoms with Crippen molar-refractivity contribution in [2.24, 2.45) is 5.73 Å². The number of nitrogens with zero attached hydrogens (tertiary/aromatic N) is 4. The van der Waals surface area contributed by atoms with Crippen LogP contribution in [0.2, 0.25) is 0 Å². The summed E-state index contributed by atoms with van der Waals surface area (Å²) < 4.78 is 12.4. The Morgan fingerprint density at radius 1 is 1.21 bits per heavy atom. The monoisotopic (exact) mass is 263 g/mol. The van der Waals surface area contributed by atoms with Gasteiger partial charge in [0.25, 0.3) is 0 Å². The summed E-state index contributed by atoms with van der Waals surface area (Å²) in [4.78, 5) is 0. The first kappa shape index (κ1) is 13.3. The molecule has 0 aliphatic rings. The lowest BCUT2D eigenvalue weighted by Gasteiger charge is -2.07. The fourth-order valence-corrected chi connectivity index (χ4v) is 1.63. The molecular formula is C12H17N5O2. The van der Waals surface area contributed by atoms with Gasteiger partial charge in [0, 0.05) is 6.42 Å². The van der Waals surface area contributed by atoms with Crippen molar-refractivity contribution in [3.8, 4) is 11.5 Å². The van der Waals surface area contributed by atoms with Crippen LogP contribution in [0.3, 0.4) is 0 Å². The van der Waals surface area contributed by atoms with Crippen LogP contribution in [0.1, 0.15) is 5.82 Å². The van der Waals surface area contributed by atoms with Gasteiger partial charge in [-0.1, -0.05) is 0 Å². The minimum atomic E-state index is 0.495. The molecule has 2 N–H and O–H groups in total. The maximum atomic E-state index is 5.61. The number of aromatic nitrogens is 4. The highest BCUT2D eigenvalue weighted by atomic mass is 16.5. The molecule has 0 unspecified atom stereocenters. The lowest BCUT2D eigenvalue weighted by Crippen LogP contribution is -2.15. The van der Waals surface area contributed by atoms with Crippen LogP contribution in [-0.2, 0) is 13.0 Å². The minimum Gasteiger partial charge on any atom is -0.497 e. The van der Waals surface area contributed by atoms with E-state index in [0.717, 1.165) is 17.3 Å². The molecule has 0 aliphatic carbocycles. The van der Waals surface area contributed by atoms with E-state index in [9.17, 15) is 0 Å². The molecule has 0 bridgehead atoms. The molecule has 2 rings (SSSR count). The van der Waals surface area contributed by atoms with Crippen molar-refractivity contribution >= 4 is 0 Å². The highest BCUT2D eigenvalue weighted by Gasteiger charge is 2.04.